The number of hydrogen-bond acceptors (Lipinski definition) is 3. The first-order valence-electron chi connectivity index (χ1n) is 9.55. The van der Waals surface area contributed by atoms with Crippen molar-refractivity contribution in [3.8, 4) is 0 Å². The van der Waals surface area contributed by atoms with Crippen molar-refractivity contribution in [1.29, 1.82) is 0 Å². The largest absolute Gasteiger partial charge is 0.481 e. The smallest absolute Gasteiger partial charge is 0.303 e. The van der Waals surface area contributed by atoms with Crippen molar-refractivity contribution in [1.82, 2.24) is 4.90 Å². The summed E-state index contributed by atoms with van der Waals surface area (Å²) in [4.78, 5) is 24.8. The maximum absolute atomic E-state index is 12.3. The molecule has 0 saturated carbocycles. The van der Waals surface area contributed by atoms with Crippen LogP contribution >= 0.6 is 11.8 Å². The van der Waals surface area contributed by atoms with Gasteiger partial charge in [0, 0.05) is 25.1 Å². The van der Waals surface area contributed by atoms with Crippen LogP contribution in [0.5, 0.6) is 0 Å². The zero-order chi connectivity index (χ0) is 19.5. The summed E-state index contributed by atoms with van der Waals surface area (Å²) in [6.45, 7) is 4.87. The van der Waals surface area contributed by atoms with Crippen LogP contribution in [0.2, 0.25) is 0 Å². The number of hydrogen-bond donors (Lipinski definition) is 1. The van der Waals surface area contributed by atoms with E-state index in [2.05, 4.69) is 30.9 Å². The monoisotopic (exact) mass is 387 g/mol. The number of rotatable bonds is 11. The average molecular weight is 388 g/mol. The summed E-state index contributed by atoms with van der Waals surface area (Å²) in [7, 11) is 0. The molecule has 5 heteroatoms. The number of carbonyl (C=O) groups is 2. The van der Waals surface area contributed by atoms with E-state index in [1.807, 2.05) is 23.1 Å². The van der Waals surface area contributed by atoms with Gasteiger partial charge in [-0.15, -0.1) is 0 Å². The van der Waals surface area contributed by atoms with Gasteiger partial charge < -0.3 is 10.0 Å². The van der Waals surface area contributed by atoms with Crippen LogP contribution in [0, 0.1) is 0 Å². The van der Waals surface area contributed by atoms with Gasteiger partial charge in [-0.2, -0.15) is 11.8 Å². The molecule has 0 unspecified atom stereocenters. The minimum atomic E-state index is -0.747. The Morgan fingerprint density at radius 2 is 2.07 bits per heavy atom. The van der Waals surface area contributed by atoms with Crippen LogP contribution in [0.4, 0.5) is 0 Å². The number of nitrogens with zero attached hydrogens (tertiary/aromatic N) is 1. The van der Waals surface area contributed by atoms with Crippen molar-refractivity contribution in [3.63, 3.8) is 0 Å². The molecule has 0 radical (unpaired) electrons. The van der Waals surface area contributed by atoms with Gasteiger partial charge in [-0.05, 0) is 37.0 Å². The second-order valence-electron chi connectivity index (χ2n) is 6.84. The van der Waals surface area contributed by atoms with Crippen LogP contribution in [0.1, 0.15) is 37.7 Å². The second kappa shape index (κ2) is 11.7. The van der Waals surface area contributed by atoms with Crippen LogP contribution in [0.3, 0.4) is 0 Å². The molecule has 1 aromatic rings. The molecule has 1 aliphatic rings. The zero-order valence-electron chi connectivity index (χ0n) is 15.8. The number of aliphatic carboxylic acids is 1. The van der Waals surface area contributed by atoms with E-state index >= 15 is 0 Å². The average Bonchev–Trinajstić information content (AvgIpc) is 2.65. The Bertz CT molecular complexity index is 657. The summed E-state index contributed by atoms with van der Waals surface area (Å²) in [5.74, 6) is 1.14. The van der Waals surface area contributed by atoms with Gasteiger partial charge in [0.2, 0.25) is 5.91 Å². The summed E-state index contributed by atoms with van der Waals surface area (Å²) < 4.78 is 0. The third-order valence-corrected chi connectivity index (χ3v) is 5.64. The normalized spacial score (nSPS) is 17.4. The van der Waals surface area contributed by atoms with E-state index in [0.29, 0.717) is 12.8 Å². The predicted molar refractivity (Wildman–Crippen MR) is 112 cm³/mol. The highest BCUT2D eigenvalue weighted by molar-refractivity contribution is 7.99. The molecule has 146 valence electrons. The second-order valence-corrected chi connectivity index (χ2v) is 8.06. The molecule has 0 spiro atoms. The molecule has 1 N–H and O–H groups in total. The van der Waals surface area contributed by atoms with Gasteiger partial charge in [0.1, 0.15) is 0 Å². The number of carbonyl (C=O) groups excluding carboxylic acids is 1. The number of thioether (sulfide) groups is 1. The van der Waals surface area contributed by atoms with Gasteiger partial charge in [0.15, 0.2) is 0 Å². The van der Waals surface area contributed by atoms with E-state index in [4.69, 9.17) is 5.11 Å². The lowest BCUT2D eigenvalue weighted by atomic mass is 9.99. The molecule has 0 aliphatic carbocycles. The van der Waals surface area contributed by atoms with Gasteiger partial charge in [0.05, 0.1) is 6.04 Å². The SMILES string of the molecule is C=C(C=C[C@H]1CCCC(=O)N1CCSCCCC(=O)O)Cc1ccccc1. The van der Waals surface area contributed by atoms with E-state index in [1.165, 1.54) is 5.56 Å². The highest BCUT2D eigenvalue weighted by Gasteiger charge is 2.25. The Balaban J connectivity index is 1.80. The Morgan fingerprint density at radius 1 is 1.30 bits per heavy atom. The molecular formula is C22H29NO3S. The summed E-state index contributed by atoms with van der Waals surface area (Å²) in [5.41, 5.74) is 2.28. The van der Waals surface area contributed by atoms with Crippen LogP contribution in [-0.4, -0.2) is 46.0 Å². The third-order valence-electron chi connectivity index (χ3n) is 4.60. The topological polar surface area (TPSA) is 57.6 Å². The van der Waals surface area contributed by atoms with Gasteiger partial charge in [-0.25, -0.2) is 0 Å². The summed E-state index contributed by atoms with van der Waals surface area (Å²) in [6, 6.07) is 10.4. The van der Waals surface area contributed by atoms with Gasteiger partial charge in [-0.1, -0.05) is 54.6 Å². The van der Waals surface area contributed by atoms with Crippen molar-refractivity contribution in [2.24, 2.45) is 0 Å². The van der Waals surface area contributed by atoms with Crippen LogP contribution in [0.25, 0.3) is 0 Å². The zero-order valence-corrected chi connectivity index (χ0v) is 16.6. The van der Waals surface area contributed by atoms with Crippen LogP contribution in [-0.2, 0) is 16.0 Å². The molecule has 1 aliphatic heterocycles. The number of carboxylic acid groups (broad SMARTS) is 1. The Labute approximate surface area is 166 Å². The number of carboxylic acids is 1. The number of allylic oxidation sites excluding steroid dienone is 2. The van der Waals surface area contributed by atoms with Crippen LogP contribution < -0.4 is 0 Å². The van der Waals surface area contributed by atoms with E-state index in [-0.39, 0.29) is 18.4 Å². The first-order valence-corrected chi connectivity index (χ1v) is 10.7. The summed E-state index contributed by atoms with van der Waals surface area (Å²) in [5, 5.41) is 8.66. The quantitative estimate of drug-likeness (QED) is 0.454. The van der Waals surface area contributed by atoms with Crippen molar-refractivity contribution in [3.05, 3.63) is 60.2 Å². The Kier molecular flexibility index (Phi) is 9.19. The molecule has 1 saturated heterocycles. The van der Waals surface area contributed by atoms with Gasteiger partial charge >= 0.3 is 5.97 Å². The predicted octanol–water partition coefficient (Wildman–Crippen LogP) is 4.32. The molecule has 1 heterocycles. The Morgan fingerprint density at radius 3 is 2.81 bits per heavy atom. The minimum absolute atomic E-state index is 0.137. The van der Waals surface area contributed by atoms with E-state index in [0.717, 1.165) is 42.9 Å². The fraction of sp³-hybridized carbons (Fsp3) is 0.455. The number of likely N-dealkylation sites (tertiary alicyclic amines) is 1. The third kappa shape index (κ3) is 8.04. The molecule has 1 amide bonds. The fourth-order valence-corrected chi connectivity index (χ4v) is 4.07. The van der Waals surface area contributed by atoms with E-state index in [1.54, 1.807) is 11.8 Å². The van der Waals surface area contributed by atoms with Crippen molar-refractivity contribution >= 4 is 23.6 Å². The first-order chi connectivity index (χ1) is 13.1. The maximum atomic E-state index is 12.3. The highest BCUT2D eigenvalue weighted by Crippen LogP contribution is 2.21. The number of benzene rings is 1. The van der Waals surface area contributed by atoms with E-state index < -0.39 is 5.97 Å². The molecular weight excluding hydrogens is 358 g/mol. The number of amides is 1. The van der Waals surface area contributed by atoms with E-state index in [9.17, 15) is 9.59 Å². The molecule has 2 rings (SSSR count). The molecule has 1 aromatic carbocycles. The minimum Gasteiger partial charge on any atom is -0.481 e. The number of piperidine rings is 1. The molecule has 1 fully saturated rings. The molecule has 1 atom stereocenters. The lowest BCUT2D eigenvalue weighted by Gasteiger charge is -2.34. The van der Waals surface area contributed by atoms with Crippen molar-refractivity contribution in [2.75, 3.05) is 18.1 Å². The van der Waals surface area contributed by atoms with Crippen molar-refractivity contribution < 1.29 is 14.7 Å². The maximum Gasteiger partial charge on any atom is 0.303 e. The highest BCUT2D eigenvalue weighted by atomic mass is 32.2. The lowest BCUT2D eigenvalue weighted by molar-refractivity contribution is -0.137. The van der Waals surface area contributed by atoms with Gasteiger partial charge in [0.25, 0.3) is 0 Å². The lowest BCUT2D eigenvalue weighted by Crippen LogP contribution is -2.43. The fourth-order valence-electron chi connectivity index (χ4n) is 3.19. The summed E-state index contributed by atoms with van der Waals surface area (Å²) in [6.07, 6.45) is 8.43. The Hall–Kier alpha value is -2.01. The summed E-state index contributed by atoms with van der Waals surface area (Å²) >= 11 is 1.72. The molecule has 27 heavy (non-hydrogen) atoms. The van der Waals surface area contributed by atoms with Crippen LogP contribution in [0.15, 0.2) is 54.6 Å². The van der Waals surface area contributed by atoms with Crippen molar-refractivity contribution in [2.45, 2.75) is 44.6 Å². The van der Waals surface area contributed by atoms with Gasteiger partial charge in [-0.3, -0.25) is 9.59 Å². The molecule has 0 aromatic heterocycles. The standard InChI is InChI=1S/C22H29NO3S/c1-18(17-19-7-3-2-4-8-19)12-13-20-9-5-10-21(24)23(20)14-16-27-15-6-11-22(25)26/h2-4,7-8,12-13,20H,1,5-6,9-11,14-17H2,(H,25,26)/t20-/m1/s1. The molecule has 0 bridgehead atoms. The molecule has 4 nitrogen and oxygen atoms in total. The first kappa shape index (κ1) is 21.3.